The Balaban J connectivity index is 3.34. The molecule has 0 aliphatic heterocycles. The van der Waals surface area contributed by atoms with Crippen LogP contribution in [-0.4, -0.2) is 13.6 Å². The van der Waals surface area contributed by atoms with E-state index < -0.39 is 41.2 Å². The summed E-state index contributed by atoms with van der Waals surface area (Å²) >= 11 is 0. The van der Waals surface area contributed by atoms with Crippen molar-refractivity contribution in [2.75, 3.05) is 7.11 Å². The van der Waals surface area contributed by atoms with E-state index in [1.807, 2.05) is 0 Å². The number of rotatable bonds is 4. The van der Waals surface area contributed by atoms with Crippen LogP contribution < -0.4 is 4.74 Å². The molecular weight excluding hydrogens is 232 g/mol. The van der Waals surface area contributed by atoms with Gasteiger partial charge in [-0.25, -0.2) is 8.78 Å². The van der Waals surface area contributed by atoms with E-state index >= 15 is 0 Å². The maximum atomic E-state index is 13.2. The van der Waals surface area contributed by atoms with Gasteiger partial charge in [0.25, 0.3) is 6.47 Å². The van der Waals surface area contributed by atoms with Gasteiger partial charge in [-0.05, 0) is 0 Å². The van der Waals surface area contributed by atoms with Gasteiger partial charge < -0.3 is 9.47 Å². The normalized spacial score (nSPS) is 10.1. The molecule has 0 amide bonds. The van der Waals surface area contributed by atoms with Crippen LogP contribution in [0.15, 0.2) is 0 Å². The highest BCUT2D eigenvalue weighted by Crippen LogP contribution is 2.29. The van der Waals surface area contributed by atoms with Crippen LogP contribution in [0.2, 0.25) is 0 Å². The minimum atomic E-state index is -1.68. The van der Waals surface area contributed by atoms with Gasteiger partial charge >= 0.3 is 0 Å². The van der Waals surface area contributed by atoms with Crippen LogP contribution in [0.25, 0.3) is 0 Å². The van der Waals surface area contributed by atoms with Gasteiger partial charge in [0.1, 0.15) is 6.61 Å². The molecule has 0 aliphatic rings. The third kappa shape index (κ3) is 1.93. The van der Waals surface area contributed by atoms with Crippen LogP contribution in [0.3, 0.4) is 0 Å². The topological polar surface area (TPSA) is 35.5 Å². The summed E-state index contributed by atoms with van der Waals surface area (Å²) in [7, 11) is 0.863. The molecule has 0 bridgehead atoms. The zero-order chi connectivity index (χ0) is 12.3. The van der Waals surface area contributed by atoms with Crippen molar-refractivity contribution in [1.29, 1.82) is 0 Å². The van der Waals surface area contributed by atoms with Crippen molar-refractivity contribution in [1.82, 2.24) is 0 Å². The molecule has 1 aromatic carbocycles. The second kappa shape index (κ2) is 4.82. The number of carbonyl (C=O) groups is 1. The molecule has 0 saturated carbocycles. The maximum absolute atomic E-state index is 13.2. The predicted molar refractivity (Wildman–Crippen MR) is 43.7 cm³/mol. The molecule has 3 nitrogen and oxygen atoms in total. The lowest BCUT2D eigenvalue weighted by Gasteiger charge is -2.09. The number of halogens is 4. The molecule has 0 radical (unpaired) electrons. The molecule has 88 valence electrons. The first kappa shape index (κ1) is 12.3. The summed E-state index contributed by atoms with van der Waals surface area (Å²) in [6.45, 7) is -1.00. The van der Waals surface area contributed by atoms with Crippen molar-refractivity contribution in [2.24, 2.45) is 0 Å². The van der Waals surface area contributed by atoms with E-state index in [9.17, 15) is 22.4 Å². The quantitative estimate of drug-likeness (QED) is 0.456. The fourth-order valence-electron chi connectivity index (χ4n) is 1.08. The van der Waals surface area contributed by atoms with Crippen LogP contribution in [0, 0.1) is 23.3 Å². The van der Waals surface area contributed by atoms with E-state index in [-0.39, 0.29) is 6.47 Å². The second-order valence-corrected chi connectivity index (χ2v) is 2.67. The fraction of sp³-hybridized carbons (Fsp3) is 0.222. The van der Waals surface area contributed by atoms with Gasteiger partial charge in [0.15, 0.2) is 17.4 Å². The van der Waals surface area contributed by atoms with Crippen molar-refractivity contribution in [2.45, 2.75) is 6.61 Å². The minimum Gasteiger partial charge on any atom is -0.491 e. The van der Waals surface area contributed by atoms with Gasteiger partial charge in [-0.3, -0.25) is 4.79 Å². The third-order valence-corrected chi connectivity index (χ3v) is 1.81. The van der Waals surface area contributed by atoms with Gasteiger partial charge in [-0.15, -0.1) is 0 Å². The summed E-state index contributed by atoms with van der Waals surface area (Å²) in [5, 5.41) is 0. The van der Waals surface area contributed by atoms with E-state index in [1.54, 1.807) is 0 Å². The monoisotopic (exact) mass is 238 g/mol. The van der Waals surface area contributed by atoms with Gasteiger partial charge in [0.05, 0.1) is 12.7 Å². The molecule has 0 unspecified atom stereocenters. The molecule has 1 rings (SSSR count). The molecule has 0 aliphatic carbocycles. The Hall–Kier alpha value is -1.79. The van der Waals surface area contributed by atoms with Gasteiger partial charge in [0, 0.05) is 0 Å². The Kier molecular flexibility index (Phi) is 3.70. The highest BCUT2D eigenvalue weighted by Gasteiger charge is 2.26. The molecule has 0 atom stereocenters. The third-order valence-electron chi connectivity index (χ3n) is 1.81. The fourth-order valence-corrected chi connectivity index (χ4v) is 1.08. The highest BCUT2D eigenvalue weighted by molar-refractivity contribution is 5.39. The molecule has 0 aromatic heterocycles. The summed E-state index contributed by atoms with van der Waals surface area (Å²) in [5.41, 5.74) is -1.01. The zero-order valence-corrected chi connectivity index (χ0v) is 8.02. The Morgan fingerprint density at radius 1 is 1.06 bits per heavy atom. The average molecular weight is 238 g/mol. The molecule has 7 heteroatoms. The number of hydrogen-bond acceptors (Lipinski definition) is 3. The lowest BCUT2D eigenvalue weighted by molar-refractivity contribution is -0.129. The first-order chi connectivity index (χ1) is 7.54. The lowest BCUT2D eigenvalue weighted by Crippen LogP contribution is -2.07. The van der Waals surface area contributed by atoms with Crippen LogP contribution in [-0.2, 0) is 16.1 Å². The Labute approximate surface area is 87.6 Å². The maximum Gasteiger partial charge on any atom is 0.293 e. The summed E-state index contributed by atoms with van der Waals surface area (Å²) in [5.74, 6) is -7.82. The summed E-state index contributed by atoms with van der Waals surface area (Å²) in [4.78, 5) is 9.81. The molecular formula is C9H6F4O3. The number of hydrogen-bond donors (Lipinski definition) is 0. The average Bonchev–Trinajstić information content (AvgIpc) is 2.27. The van der Waals surface area contributed by atoms with Gasteiger partial charge in [-0.1, -0.05) is 0 Å². The van der Waals surface area contributed by atoms with Crippen molar-refractivity contribution < 1.29 is 31.8 Å². The van der Waals surface area contributed by atoms with Crippen LogP contribution in [0.5, 0.6) is 5.75 Å². The van der Waals surface area contributed by atoms with Crippen LogP contribution >= 0.6 is 0 Å². The van der Waals surface area contributed by atoms with Crippen molar-refractivity contribution in [3.05, 3.63) is 28.8 Å². The summed E-state index contributed by atoms with van der Waals surface area (Å²) in [6.07, 6.45) is 0. The van der Waals surface area contributed by atoms with E-state index in [2.05, 4.69) is 9.47 Å². The molecule has 0 fully saturated rings. The number of carbonyl (C=O) groups excluding carboxylic acids is 1. The Morgan fingerprint density at radius 3 is 1.94 bits per heavy atom. The summed E-state index contributed by atoms with van der Waals surface area (Å²) < 4.78 is 60.7. The van der Waals surface area contributed by atoms with Crippen molar-refractivity contribution in [3.8, 4) is 5.75 Å². The predicted octanol–water partition coefficient (Wildman–Crippen LogP) is 1.92. The second-order valence-electron chi connectivity index (χ2n) is 2.67. The van der Waals surface area contributed by atoms with Crippen LogP contribution in [0.4, 0.5) is 17.6 Å². The Morgan fingerprint density at radius 2 is 1.56 bits per heavy atom. The smallest absolute Gasteiger partial charge is 0.293 e. The number of ether oxygens (including phenoxy) is 2. The molecule has 1 aromatic rings. The van der Waals surface area contributed by atoms with Crippen LogP contribution in [0.1, 0.15) is 5.56 Å². The molecule has 0 heterocycles. The van der Waals surface area contributed by atoms with E-state index in [0.29, 0.717) is 0 Å². The van der Waals surface area contributed by atoms with Crippen molar-refractivity contribution >= 4 is 6.47 Å². The van der Waals surface area contributed by atoms with Gasteiger partial charge in [0.2, 0.25) is 11.6 Å². The molecule has 0 N–H and O–H groups in total. The zero-order valence-electron chi connectivity index (χ0n) is 8.02. The first-order valence-corrected chi connectivity index (χ1v) is 3.98. The van der Waals surface area contributed by atoms with E-state index in [4.69, 9.17) is 0 Å². The molecule has 16 heavy (non-hydrogen) atoms. The van der Waals surface area contributed by atoms with Gasteiger partial charge in [-0.2, -0.15) is 8.78 Å². The standard InChI is InChI=1S/C9H6F4O3/c1-15-9-7(12)5(10)4(2-16-3-14)6(11)8(9)13/h3H,2H2,1H3. The number of benzene rings is 1. The molecule has 0 saturated heterocycles. The van der Waals surface area contributed by atoms with E-state index in [1.165, 1.54) is 0 Å². The van der Waals surface area contributed by atoms with Crippen molar-refractivity contribution in [3.63, 3.8) is 0 Å². The largest absolute Gasteiger partial charge is 0.491 e. The first-order valence-electron chi connectivity index (χ1n) is 3.98. The molecule has 0 spiro atoms. The highest BCUT2D eigenvalue weighted by atomic mass is 19.2. The lowest BCUT2D eigenvalue weighted by atomic mass is 10.1. The number of methoxy groups -OCH3 is 1. The Bertz CT molecular complexity index is 391. The SMILES string of the molecule is COc1c(F)c(F)c(COC=O)c(F)c1F. The van der Waals surface area contributed by atoms with E-state index in [0.717, 1.165) is 7.11 Å². The summed E-state index contributed by atoms with van der Waals surface area (Å²) in [6, 6.07) is 0. The minimum absolute atomic E-state index is 0.0983.